The van der Waals surface area contributed by atoms with Crippen LogP contribution in [0.2, 0.25) is 0 Å². The first kappa shape index (κ1) is 12.3. The molecule has 0 amide bonds. The second-order valence-corrected chi connectivity index (χ2v) is 3.27. The summed E-state index contributed by atoms with van der Waals surface area (Å²) in [5.41, 5.74) is -2.45. The van der Waals surface area contributed by atoms with E-state index < -0.39 is 30.7 Å². The summed E-state index contributed by atoms with van der Waals surface area (Å²) in [5.74, 6) is -0.934. The van der Waals surface area contributed by atoms with Gasteiger partial charge < -0.3 is 14.8 Å². The smallest absolute Gasteiger partial charge is 0.419 e. The van der Waals surface area contributed by atoms with Gasteiger partial charge in [-0.25, -0.2) is 0 Å². The molecule has 0 aromatic carbocycles. The van der Waals surface area contributed by atoms with Crippen LogP contribution in [0.1, 0.15) is 6.42 Å². The van der Waals surface area contributed by atoms with Crippen molar-refractivity contribution in [3.8, 4) is 0 Å². The third kappa shape index (κ3) is 2.60. The van der Waals surface area contributed by atoms with Gasteiger partial charge in [0.05, 0.1) is 20.1 Å². The van der Waals surface area contributed by atoms with Gasteiger partial charge in [-0.1, -0.05) is 0 Å². The van der Waals surface area contributed by atoms with Crippen molar-refractivity contribution in [3.05, 3.63) is 0 Å². The van der Waals surface area contributed by atoms with E-state index in [0.29, 0.717) is 6.54 Å². The fourth-order valence-corrected chi connectivity index (χ4v) is 1.36. The third-order valence-electron chi connectivity index (χ3n) is 2.24. The second kappa shape index (κ2) is 4.36. The van der Waals surface area contributed by atoms with Crippen LogP contribution in [0, 0.1) is 0 Å². The molecule has 0 saturated carbocycles. The fraction of sp³-hybridized carbons (Fsp3) is 0.875. The van der Waals surface area contributed by atoms with Gasteiger partial charge in [-0.05, 0) is 0 Å². The van der Waals surface area contributed by atoms with Gasteiger partial charge >= 0.3 is 12.1 Å². The maximum Gasteiger partial charge on any atom is 0.419 e. The zero-order chi connectivity index (χ0) is 11.5. The molecule has 1 aliphatic rings. The number of carbonyl (C=O) groups is 1. The van der Waals surface area contributed by atoms with Crippen LogP contribution < -0.4 is 5.32 Å². The Bertz CT molecular complexity index is 236. The molecule has 1 aliphatic heterocycles. The molecule has 4 nitrogen and oxygen atoms in total. The largest absolute Gasteiger partial charge is 0.469 e. The third-order valence-corrected chi connectivity index (χ3v) is 2.24. The minimum atomic E-state index is -4.59. The maximum atomic E-state index is 12.7. The number of halogens is 3. The van der Waals surface area contributed by atoms with Crippen molar-refractivity contribution < 1.29 is 27.4 Å². The highest BCUT2D eigenvalue weighted by atomic mass is 19.4. The molecule has 88 valence electrons. The molecule has 1 atom stereocenters. The lowest BCUT2D eigenvalue weighted by atomic mass is 9.97. The van der Waals surface area contributed by atoms with E-state index in [0.717, 1.165) is 7.11 Å². The molecule has 0 radical (unpaired) electrons. The van der Waals surface area contributed by atoms with Crippen molar-refractivity contribution in [1.82, 2.24) is 5.32 Å². The molecular weight excluding hydrogens is 215 g/mol. The van der Waals surface area contributed by atoms with Crippen LogP contribution >= 0.6 is 0 Å². The summed E-state index contributed by atoms with van der Waals surface area (Å²) in [5, 5.41) is 2.56. The van der Waals surface area contributed by atoms with E-state index in [1.54, 1.807) is 0 Å². The van der Waals surface area contributed by atoms with E-state index in [1.165, 1.54) is 0 Å². The average molecular weight is 227 g/mol. The number of ether oxygens (including phenoxy) is 2. The van der Waals surface area contributed by atoms with Crippen LogP contribution in [0.3, 0.4) is 0 Å². The minimum Gasteiger partial charge on any atom is -0.469 e. The summed E-state index contributed by atoms with van der Waals surface area (Å²) >= 11 is 0. The van der Waals surface area contributed by atoms with Gasteiger partial charge in [0.15, 0.2) is 5.60 Å². The molecule has 1 saturated heterocycles. The minimum absolute atomic E-state index is 0.0729. The van der Waals surface area contributed by atoms with Crippen molar-refractivity contribution in [3.63, 3.8) is 0 Å². The lowest BCUT2D eigenvalue weighted by Crippen LogP contribution is -2.59. The summed E-state index contributed by atoms with van der Waals surface area (Å²) in [6.07, 6.45) is -5.41. The van der Waals surface area contributed by atoms with Crippen LogP contribution in [-0.4, -0.2) is 44.6 Å². The maximum absolute atomic E-state index is 12.7. The number of carbonyl (C=O) groups excluding carboxylic acids is 1. The summed E-state index contributed by atoms with van der Waals surface area (Å²) in [7, 11) is 1.04. The highest BCUT2D eigenvalue weighted by Crippen LogP contribution is 2.37. The number of morpholine rings is 1. The lowest BCUT2D eigenvalue weighted by Gasteiger charge is -2.38. The molecule has 1 heterocycles. The summed E-state index contributed by atoms with van der Waals surface area (Å²) < 4.78 is 47.1. The average Bonchev–Trinajstić information content (AvgIpc) is 2.17. The van der Waals surface area contributed by atoms with E-state index >= 15 is 0 Å². The van der Waals surface area contributed by atoms with Crippen LogP contribution in [0.5, 0.6) is 0 Å². The van der Waals surface area contributed by atoms with E-state index in [4.69, 9.17) is 4.74 Å². The molecule has 0 aliphatic carbocycles. The molecule has 15 heavy (non-hydrogen) atoms. The molecule has 0 aromatic rings. The number of alkyl halides is 3. The van der Waals surface area contributed by atoms with Gasteiger partial charge in [-0.3, -0.25) is 4.79 Å². The zero-order valence-electron chi connectivity index (χ0n) is 8.19. The molecule has 0 unspecified atom stereocenters. The van der Waals surface area contributed by atoms with Crippen molar-refractivity contribution in [1.29, 1.82) is 0 Å². The first-order valence-corrected chi connectivity index (χ1v) is 4.39. The number of methoxy groups -OCH3 is 1. The van der Waals surface area contributed by atoms with Gasteiger partial charge in [0.25, 0.3) is 0 Å². The number of hydrogen-bond acceptors (Lipinski definition) is 4. The molecule has 0 aromatic heterocycles. The molecule has 1 rings (SSSR count). The molecular formula is C8H12F3NO3. The van der Waals surface area contributed by atoms with Crippen LogP contribution in [-0.2, 0) is 14.3 Å². The summed E-state index contributed by atoms with van der Waals surface area (Å²) in [6, 6.07) is 0. The van der Waals surface area contributed by atoms with E-state index in [9.17, 15) is 18.0 Å². The second-order valence-electron chi connectivity index (χ2n) is 3.27. The van der Waals surface area contributed by atoms with E-state index in [1.807, 2.05) is 0 Å². The van der Waals surface area contributed by atoms with Gasteiger partial charge in [0.2, 0.25) is 0 Å². The van der Waals surface area contributed by atoms with E-state index in [-0.39, 0.29) is 6.61 Å². The van der Waals surface area contributed by atoms with Crippen LogP contribution in [0.4, 0.5) is 13.2 Å². The molecule has 1 fully saturated rings. The van der Waals surface area contributed by atoms with Crippen molar-refractivity contribution >= 4 is 5.97 Å². The number of rotatable bonds is 2. The highest BCUT2D eigenvalue weighted by molar-refractivity contribution is 5.70. The molecule has 7 heteroatoms. The Morgan fingerprint density at radius 2 is 2.27 bits per heavy atom. The van der Waals surface area contributed by atoms with E-state index in [2.05, 4.69) is 10.1 Å². The SMILES string of the molecule is COC(=O)C[C@@]1(C(F)(F)F)CNCCO1. The summed E-state index contributed by atoms with van der Waals surface area (Å²) in [4.78, 5) is 10.9. The number of hydrogen-bond donors (Lipinski definition) is 1. The Balaban J connectivity index is 2.80. The predicted molar refractivity (Wildman–Crippen MR) is 44.2 cm³/mol. The number of nitrogens with one attached hydrogen (secondary N) is 1. The normalized spacial score (nSPS) is 27.5. The van der Waals surface area contributed by atoms with Crippen molar-refractivity contribution in [2.45, 2.75) is 18.2 Å². The van der Waals surface area contributed by atoms with Crippen molar-refractivity contribution in [2.75, 3.05) is 26.8 Å². The Kier molecular flexibility index (Phi) is 3.56. The first-order chi connectivity index (χ1) is 6.91. The first-order valence-electron chi connectivity index (χ1n) is 4.39. The van der Waals surface area contributed by atoms with Gasteiger partial charge in [0, 0.05) is 13.1 Å². The molecule has 0 spiro atoms. The monoisotopic (exact) mass is 227 g/mol. The molecule has 1 N–H and O–H groups in total. The number of esters is 1. The Hall–Kier alpha value is -0.820. The topological polar surface area (TPSA) is 47.6 Å². The van der Waals surface area contributed by atoms with Crippen molar-refractivity contribution in [2.24, 2.45) is 0 Å². The Morgan fingerprint density at radius 3 is 2.67 bits per heavy atom. The predicted octanol–water partition coefficient (Wildman–Crippen LogP) is 0.470. The van der Waals surface area contributed by atoms with Gasteiger partial charge in [-0.15, -0.1) is 0 Å². The zero-order valence-corrected chi connectivity index (χ0v) is 8.19. The fourth-order valence-electron chi connectivity index (χ4n) is 1.36. The van der Waals surface area contributed by atoms with Crippen LogP contribution in [0.25, 0.3) is 0 Å². The Morgan fingerprint density at radius 1 is 1.60 bits per heavy atom. The van der Waals surface area contributed by atoms with Gasteiger partial charge in [0.1, 0.15) is 0 Å². The van der Waals surface area contributed by atoms with Gasteiger partial charge in [-0.2, -0.15) is 13.2 Å². The quantitative estimate of drug-likeness (QED) is 0.697. The highest BCUT2D eigenvalue weighted by Gasteiger charge is 2.58. The van der Waals surface area contributed by atoms with Crippen LogP contribution in [0.15, 0.2) is 0 Å². The Labute approximate surface area is 84.7 Å². The molecule has 0 bridgehead atoms. The summed E-state index contributed by atoms with van der Waals surface area (Å²) in [6.45, 7) is -0.152. The lowest BCUT2D eigenvalue weighted by molar-refractivity contribution is -0.285. The standard InChI is InChI=1S/C8H12F3NO3/c1-14-6(13)4-7(8(9,10)11)5-12-2-3-15-7/h12H,2-5H2,1H3/t7-/m0/s1.